The van der Waals surface area contributed by atoms with E-state index in [1.165, 1.54) is 22.5 Å². The van der Waals surface area contributed by atoms with Gasteiger partial charge in [0.25, 0.3) is 11.8 Å². The fourth-order valence-corrected chi connectivity index (χ4v) is 3.94. The molecule has 120 valence electrons. The summed E-state index contributed by atoms with van der Waals surface area (Å²) in [5.41, 5.74) is 0.871. The number of nitrogens with zero attached hydrogens (tertiary/aromatic N) is 1. The van der Waals surface area contributed by atoms with E-state index < -0.39 is 17.2 Å². The molecule has 0 saturated carbocycles. The second kappa shape index (κ2) is 6.74. The summed E-state index contributed by atoms with van der Waals surface area (Å²) in [5.74, 6) is -0.568. The van der Waals surface area contributed by atoms with Gasteiger partial charge in [0.15, 0.2) is 11.1 Å². The number of thiophene rings is 1. The number of imide groups is 1. The Balaban J connectivity index is 1.73. The standard InChI is InChI=1S/C16H15NO4S2/c1-23(20)21-13(14-7-4-10-22-14)8-9-17-15(18)11-5-2-3-6-12(11)16(17)19/h2-7,10,13H,8-9H2,1H3. The first-order valence-electron chi connectivity index (χ1n) is 7.07. The molecule has 1 aliphatic rings. The van der Waals surface area contributed by atoms with Gasteiger partial charge in [-0.3, -0.25) is 18.7 Å². The van der Waals surface area contributed by atoms with Crippen LogP contribution in [0.4, 0.5) is 0 Å². The lowest BCUT2D eigenvalue weighted by Gasteiger charge is -2.18. The third-order valence-corrected chi connectivity index (χ3v) is 5.07. The summed E-state index contributed by atoms with van der Waals surface area (Å²) in [6.45, 7) is 0.228. The van der Waals surface area contributed by atoms with Crippen LogP contribution in [0.3, 0.4) is 0 Å². The minimum atomic E-state index is -1.42. The molecule has 0 radical (unpaired) electrons. The second-order valence-corrected chi connectivity index (χ2v) is 7.07. The smallest absolute Gasteiger partial charge is 0.261 e. The lowest BCUT2D eigenvalue weighted by Crippen LogP contribution is -2.31. The molecule has 0 N–H and O–H groups in total. The molecule has 1 aromatic carbocycles. The SMILES string of the molecule is CS(=O)OC(CCN1C(=O)c2ccccc2C1=O)c1cccs1. The van der Waals surface area contributed by atoms with Crippen molar-refractivity contribution in [1.29, 1.82) is 0 Å². The summed E-state index contributed by atoms with van der Waals surface area (Å²) in [5, 5.41) is 1.91. The molecule has 2 heterocycles. The van der Waals surface area contributed by atoms with E-state index in [0.29, 0.717) is 17.5 Å². The summed E-state index contributed by atoms with van der Waals surface area (Å²) < 4.78 is 16.8. The molecule has 2 unspecified atom stereocenters. The molecule has 1 aromatic heterocycles. The highest BCUT2D eigenvalue weighted by Gasteiger charge is 2.35. The van der Waals surface area contributed by atoms with Gasteiger partial charge in [0.05, 0.1) is 11.1 Å². The van der Waals surface area contributed by atoms with Gasteiger partial charge in [-0.05, 0) is 30.0 Å². The Morgan fingerprint density at radius 3 is 2.30 bits per heavy atom. The molecular weight excluding hydrogens is 334 g/mol. The average Bonchev–Trinajstić information content (AvgIpc) is 3.14. The monoisotopic (exact) mass is 349 g/mol. The van der Waals surface area contributed by atoms with Gasteiger partial charge < -0.3 is 0 Å². The van der Waals surface area contributed by atoms with E-state index in [1.807, 2.05) is 17.5 Å². The predicted octanol–water partition coefficient (Wildman–Crippen LogP) is 2.79. The summed E-state index contributed by atoms with van der Waals surface area (Å²) in [7, 11) is 0. The highest BCUT2D eigenvalue weighted by atomic mass is 32.2. The van der Waals surface area contributed by atoms with E-state index in [4.69, 9.17) is 4.18 Å². The normalized spacial score (nSPS) is 16.5. The van der Waals surface area contributed by atoms with Crippen LogP contribution in [0, 0.1) is 0 Å². The van der Waals surface area contributed by atoms with Crippen molar-refractivity contribution in [2.75, 3.05) is 12.8 Å². The second-order valence-electron chi connectivity index (χ2n) is 5.10. The molecule has 2 amide bonds. The largest absolute Gasteiger partial charge is 0.282 e. The Labute approximate surface area is 140 Å². The zero-order valence-electron chi connectivity index (χ0n) is 12.4. The van der Waals surface area contributed by atoms with Crippen LogP contribution in [0.5, 0.6) is 0 Å². The minimum Gasteiger partial charge on any atom is -0.282 e. The maximum absolute atomic E-state index is 12.3. The van der Waals surface area contributed by atoms with Crippen LogP contribution < -0.4 is 0 Å². The number of rotatable bonds is 6. The third kappa shape index (κ3) is 3.26. The lowest BCUT2D eigenvalue weighted by atomic mass is 10.1. The Bertz CT molecular complexity index is 722. The topological polar surface area (TPSA) is 63.7 Å². The number of fused-ring (bicyclic) bond motifs is 1. The highest BCUT2D eigenvalue weighted by molar-refractivity contribution is 7.79. The molecule has 3 rings (SSSR count). The van der Waals surface area contributed by atoms with Crippen molar-refractivity contribution in [3.8, 4) is 0 Å². The van der Waals surface area contributed by atoms with Gasteiger partial charge in [0.2, 0.25) is 0 Å². The molecule has 0 aliphatic carbocycles. The molecule has 7 heteroatoms. The predicted molar refractivity (Wildman–Crippen MR) is 88.6 cm³/mol. The molecule has 0 saturated heterocycles. The Hall–Kier alpha value is -1.83. The van der Waals surface area contributed by atoms with Crippen molar-refractivity contribution in [3.63, 3.8) is 0 Å². The molecule has 5 nitrogen and oxygen atoms in total. The zero-order chi connectivity index (χ0) is 16.4. The first-order valence-corrected chi connectivity index (χ1v) is 9.43. The zero-order valence-corrected chi connectivity index (χ0v) is 14.1. The fraction of sp³-hybridized carbons (Fsp3) is 0.250. The maximum atomic E-state index is 12.3. The van der Waals surface area contributed by atoms with Crippen LogP contribution in [0.15, 0.2) is 41.8 Å². The van der Waals surface area contributed by atoms with Gasteiger partial charge in [0, 0.05) is 17.7 Å². The number of amides is 2. The number of carbonyl (C=O) groups is 2. The minimum absolute atomic E-state index is 0.228. The molecule has 2 aromatic rings. The van der Waals surface area contributed by atoms with Crippen LogP contribution in [-0.4, -0.2) is 33.7 Å². The van der Waals surface area contributed by atoms with E-state index in [0.717, 1.165) is 4.88 Å². The summed E-state index contributed by atoms with van der Waals surface area (Å²) in [6, 6.07) is 10.6. The van der Waals surface area contributed by atoms with Gasteiger partial charge in [-0.2, -0.15) is 0 Å². The Kier molecular flexibility index (Phi) is 4.70. The summed E-state index contributed by atoms with van der Waals surface area (Å²) in [6.07, 6.45) is 1.47. The molecule has 1 aliphatic heterocycles. The summed E-state index contributed by atoms with van der Waals surface area (Å²) in [4.78, 5) is 26.8. The maximum Gasteiger partial charge on any atom is 0.261 e. The van der Waals surface area contributed by atoms with Crippen molar-refractivity contribution in [1.82, 2.24) is 4.90 Å². The van der Waals surface area contributed by atoms with Gasteiger partial charge in [0.1, 0.15) is 6.10 Å². The molecular formula is C16H15NO4S2. The molecule has 0 spiro atoms. The first-order chi connectivity index (χ1) is 11.1. The number of hydrogen-bond acceptors (Lipinski definition) is 5. The van der Waals surface area contributed by atoms with Crippen LogP contribution in [0.1, 0.15) is 38.1 Å². The van der Waals surface area contributed by atoms with E-state index in [-0.39, 0.29) is 18.4 Å². The van der Waals surface area contributed by atoms with Crippen LogP contribution in [0.2, 0.25) is 0 Å². The first kappa shape index (κ1) is 16.0. The number of hydrogen-bond donors (Lipinski definition) is 0. The van der Waals surface area contributed by atoms with Gasteiger partial charge in [-0.15, -0.1) is 11.3 Å². The number of benzene rings is 1. The van der Waals surface area contributed by atoms with Crippen molar-refractivity contribution >= 4 is 34.2 Å². The van der Waals surface area contributed by atoms with Crippen LogP contribution in [-0.2, 0) is 15.3 Å². The van der Waals surface area contributed by atoms with Crippen molar-refractivity contribution < 1.29 is 18.0 Å². The van der Waals surface area contributed by atoms with Crippen LogP contribution >= 0.6 is 11.3 Å². The van der Waals surface area contributed by atoms with Gasteiger partial charge >= 0.3 is 0 Å². The Morgan fingerprint density at radius 2 is 1.78 bits per heavy atom. The van der Waals surface area contributed by atoms with Gasteiger partial charge in [-0.25, -0.2) is 4.21 Å². The number of carbonyl (C=O) groups excluding carboxylic acids is 2. The van der Waals surface area contributed by atoms with Crippen molar-refractivity contribution in [2.24, 2.45) is 0 Å². The molecule has 2 atom stereocenters. The lowest BCUT2D eigenvalue weighted by molar-refractivity contribution is 0.0634. The van der Waals surface area contributed by atoms with Crippen molar-refractivity contribution in [2.45, 2.75) is 12.5 Å². The third-order valence-electron chi connectivity index (χ3n) is 3.61. The highest BCUT2D eigenvalue weighted by Crippen LogP contribution is 2.29. The molecule has 23 heavy (non-hydrogen) atoms. The van der Waals surface area contributed by atoms with Crippen molar-refractivity contribution in [3.05, 3.63) is 57.8 Å². The van der Waals surface area contributed by atoms with Crippen LogP contribution in [0.25, 0.3) is 0 Å². The summed E-state index contributed by atoms with van der Waals surface area (Å²) >= 11 is 0.0742. The fourth-order valence-electron chi connectivity index (χ4n) is 2.56. The Morgan fingerprint density at radius 1 is 1.13 bits per heavy atom. The van der Waals surface area contributed by atoms with Gasteiger partial charge in [-0.1, -0.05) is 18.2 Å². The van der Waals surface area contributed by atoms with E-state index in [9.17, 15) is 13.8 Å². The molecule has 0 fully saturated rings. The average molecular weight is 349 g/mol. The van der Waals surface area contributed by atoms with E-state index in [2.05, 4.69) is 0 Å². The van der Waals surface area contributed by atoms with E-state index in [1.54, 1.807) is 24.3 Å². The molecule has 0 bridgehead atoms. The quantitative estimate of drug-likeness (QED) is 0.752. The van der Waals surface area contributed by atoms with E-state index >= 15 is 0 Å².